The maximum absolute atomic E-state index is 12.1. The lowest BCUT2D eigenvalue weighted by Crippen LogP contribution is -2.29. The number of para-hydroxylation sites is 1. The Morgan fingerprint density at radius 2 is 2.33 bits per heavy atom. The molecule has 1 heterocycles. The van der Waals surface area contributed by atoms with E-state index in [-0.39, 0.29) is 24.4 Å². The minimum atomic E-state index is -0.752. The van der Waals surface area contributed by atoms with Crippen LogP contribution >= 0.6 is 0 Å². The van der Waals surface area contributed by atoms with Gasteiger partial charge >= 0.3 is 0 Å². The topological polar surface area (TPSA) is 92.9 Å². The summed E-state index contributed by atoms with van der Waals surface area (Å²) < 4.78 is 0. The fourth-order valence-electron chi connectivity index (χ4n) is 1.82. The van der Waals surface area contributed by atoms with Gasteiger partial charge in [0.15, 0.2) is 0 Å². The Balaban J connectivity index is 2.36. The van der Waals surface area contributed by atoms with Crippen LogP contribution in [0, 0.1) is 17.0 Å². The number of hydrogen-bond acceptors (Lipinski definition) is 5. The van der Waals surface area contributed by atoms with Crippen molar-refractivity contribution in [2.24, 2.45) is 0 Å². The highest BCUT2D eigenvalue weighted by Gasteiger charge is 2.31. The van der Waals surface area contributed by atoms with Crippen LogP contribution in [-0.2, 0) is 4.84 Å². The van der Waals surface area contributed by atoms with Gasteiger partial charge in [-0.05, 0) is 13.0 Å². The third kappa shape index (κ3) is 2.18. The van der Waals surface area contributed by atoms with Gasteiger partial charge in [0.1, 0.15) is 18.3 Å². The van der Waals surface area contributed by atoms with E-state index in [0.29, 0.717) is 5.56 Å². The first-order valence-corrected chi connectivity index (χ1v) is 5.37. The molecular weight excluding hydrogens is 240 g/mol. The van der Waals surface area contributed by atoms with Gasteiger partial charge in [0, 0.05) is 5.56 Å². The zero-order valence-corrected chi connectivity index (χ0v) is 9.70. The Hall–Kier alpha value is -1.99. The van der Waals surface area contributed by atoms with E-state index in [2.05, 4.69) is 0 Å². The lowest BCUT2D eigenvalue weighted by molar-refractivity contribution is -0.385. The lowest BCUT2D eigenvalue weighted by Gasteiger charge is -2.14. The van der Waals surface area contributed by atoms with Crippen LogP contribution in [0.5, 0.6) is 0 Å². The predicted octanol–water partition coefficient (Wildman–Crippen LogP) is 0.652. The van der Waals surface area contributed by atoms with Crippen molar-refractivity contribution in [3.8, 4) is 0 Å². The van der Waals surface area contributed by atoms with Crippen molar-refractivity contribution >= 4 is 11.6 Å². The minimum absolute atomic E-state index is 0.0178. The van der Waals surface area contributed by atoms with Crippen molar-refractivity contribution in [3.63, 3.8) is 0 Å². The number of carbonyl (C=O) groups excluding carboxylic acids is 1. The molecule has 1 fully saturated rings. The molecule has 1 aliphatic heterocycles. The summed E-state index contributed by atoms with van der Waals surface area (Å²) in [5, 5.41) is 21.2. The quantitative estimate of drug-likeness (QED) is 0.616. The molecule has 18 heavy (non-hydrogen) atoms. The molecular formula is C11H12N2O5. The second kappa shape index (κ2) is 4.71. The van der Waals surface area contributed by atoms with Crippen LogP contribution in [0.1, 0.15) is 15.9 Å². The number of aliphatic hydroxyl groups excluding tert-OH is 1. The minimum Gasteiger partial charge on any atom is -0.389 e. The van der Waals surface area contributed by atoms with Crippen LogP contribution in [0.15, 0.2) is 18.2 Å². The first-order chi connectivity index (χ1) is 8.50. The molecule has 1 N–H and O–H groups in total. The monoisotopic (exact) mass is 252 g/mol. The van der Waals surface area contributed by atoms with Crippen LogP contribution in [0.4, 0.5) is 5.69 Å². The van der Waals surface area contributed by atoms with E-state index in [1.165, 1.54) is 6.07 Å². The highest BCUT2D eigenvalue weighted by molar-refractivity contribution is 5.98. The van der Waals surface area contributed by atoms with Crippen LogP contribution in [0.25, 0.3) is 0 Å². The van der Waals surface area contributed by atoms with E-state index < -0.39 is 16.9 Å². The predicted molar refractivity (Wildman–Crippen MR) is 60.8 cm³/mol. The maximum atomic E-state index is 12.1. The summed E-state index contributed by atoms with van der Waals surface area (Å²) in [6.45, 7) is 1.60. The number of nitro benzene ring substituents is 1. The Labute approximate surface area is 103 Å². The smallest absolute Gasteiger partial charge is 0.285 e. The van der Waals surface area contributed by atoms with Gasteiger partial charge in [0.25, 0.3) is 11.6 Å². The number of β-amino-alcohol motifs (C(OH)–C–C–N with tert-alkyl or cyclic N) is 1. The van der Waals surface area contributed by atoms with E-state index >= 15 is 0 Å². The van der Waals surface area contributed by atoms with Crippen molar-refractivity contribution < 1.29 is 19.7 Å². The SMILES string of the molecule is Cc1cccc(C(=O)N2C[C@H](O)CO2)c1[N+](=O)[O-]. The highest BCUT2D eigenvalue weighted by Crippen LogP contribution is 2.25. The number of amides is 1. The van der Waals surface area contributed by atoms with Crippen LogP contribution in [-0.4, -0.2) is 40.3 Å². The van der Waals surface area contributed by atoms with Crippen LogP contribution in [0.2, 0.25) is 0 Å². The number of aryl methyl sites for hydroxylation is 1. The molecule has 1 aromatic rings. The summed E-state index contributed by atoms with van der Waals surface area (Å²) in [6.07, 6.45) is -0.752. The fraction of sp³-hybridized carbons (Fsp3) is 0.364. The van der Waals surface area contributed by atoms with Gasteiger partial charge in [0.2, 0.25) is 0 Å². The maximum Gasteiger partial charge on any atom is 0.285 e. The molecule has 2 rings (SSSR count). The number of benzene rings is 1. The summed E-state index contributed by atoms with van der Waals surface area (Å²) in [5.74, 6) is -0.609. The zero-order valence-electron chi connectivity index (χ0n) is 9.70. The molecule has 0 bridgehead atoms. The Morgan fingerprint density at radius 1 is 1.61 bits per heavy atom. The molecule has 96 valence electrons. The van der Waals surface area contributed by atoms with Crippen molar-refractivity contribution in [1.29, 1.82) is 0 Å². The van der Waals surface area contributed by atoms with Crippen LogP contribution < -0.4 is 0 Å². The summed E-state index contributed by atoms with van der Waals surface area (Å²) in [6, 6.07) is 4.51. The largest absolute Gasteiger partial charge is 0.389 e. The number of nitro groups is 1. The summed E-state index contributed by atoms with van der Waals surface area (Å²) in [4.78, 5) is 27.4. The third-order valence-electron chi connectivity index (χ3n) is 2.68. The average molecular weight is 252 g/mol. The first kappa shape index (κ1) is 12.5. The van der Waals surface area contributed by atoms with Crippen molar-refractivity contribution in [3.05, 3.63) is 39.4 Å². The second-order valence-corrected chi connectivity index (χ2v) is 4.04. The van der Waals surface area contributed by atoms with Crippen molar-refractivity contribution in [2.75, 3.05) is 13.2 Å². The van der Waals surface area contributed by atoms with Gasteiger partial charge in [-0.25, -0.2) is 5.06 Å². The van der Waals surface area contributed by atoms with Crippen molar-refractivity contribution in [1.82, 2.24) is 5.06 Å². The van der Waals surface area contributed by atoms with Gasteiger partial charge in [0.05, 0.1) is 11.5 Å². The number of hydrogen-bond donors (Lipinski definition) is 1. The third-order valence-corrected chi connectivity index (χ3v) is 2.68. The average Bonchev–Trinajstić information content (AvgIpc) is 2.74. The van der Waals surface area contributed by atoms with E-state index in [1.54, 1.807) is 19.1 Å². The summed E-state index contributed by atoms with van der Waals surface area (Å²) >= 11 is 0. The normalized spacial score (nSPS) is 19.0. The molecule has 1 amide bonds. The van der Waals surface area contributed by atoms with Gasteiger partial charge in [-0.15, -0.1) is 0 Å². The molecule has 1 atom stereocenters. The van der Waals surface area contributed by atoms with Gasteiger partial charge in [-0.2, -0.15) is 0 Å². The van der Waals surface area contributed by atoms with Gasteiger partial charge in [-0.1, -0.05) is 12.1 Å². The van der Waals surface area contributed by atoms with E-state index in [0.717, 1.165) is 5.06 Å². The Kier molecular flexibility index (Phi) is 3.26. The molecule has 0 aliphatic carbocycles. The number of nitrogens with zero attached hydrogens (tertiary/aromatic N) is 2. The standard InChI is InChI=1S/C11H12N2O5/c1-7-3-2-4-9(10(7)13(16)17)11(15)12-5-8(14)6-18-12/h2-4,8,14H,5-6H2,1H3/t8-/m0/s1. The molecule has 0 saturated carbocycles. The first-order valence-electron chi connectivity index (χ1n) is 5.37. The molecule has 0 spiro atoms. The van der Waals surface area contributed by atoms with Gasteiger partial charge < -0.3 is 5.11 Å². The number of aliphatic hydroxyl groups is 1. The second-order valence-electron chi connectivity index (χ2n) is 4.04. The zero-order chi connectivity index (χ0) is 13.3. The van der Waals surface area contributed by atoms with E-state index in [1.807, 2.05) is 0 Å². The number of carbonyl (C=O) groups is 1. The van der Waals surface area contributed by atoms with Crippen molar-refractivity contribution in [2.45, 2.75) is 13.0 Å². The Bertz CT molecular complexity index is 502. The van der Waals surface area contributed by atoms with Crippen LogP contribution in [0.3, 0.4) is 0 Å². The molecule has 7 heteroatoms. The molecule has 0 radical (unpaired) electrons. The van der Waals surface area contributed by atoms with E-state index in [4.69, 9.17) is 4.84 Å². The lowest BCUT2D eigenvalue weighted by atomic mass is 10.1. The van der Waals surface area contributed by atoms with Gasteiger partial charge in [-0.3, -0.25) is 19.7 Å². The molecule has 1 aliphatic rings. The number of hydroxylamine groups is 2. The van der Waals surface area contributed by atoms with E-state index in [9.17, 15) is 20.0 Å². The molecule has 0 unspecified atom stereocenters. The molecule has 1 aromatic carbocycles. The Morgan fingerprint density at radius 3 is 2.89 bits per heavy atom. The summed E-state index contributed by atoms with van der Waals surface area (Å²) in [5.41, 5.74) is 0.146. The molecule has 7 nitrogen and oxygen atoms in total. The number of rotatable bonds is 2. The highest BCUT2D eigenvalue weighted by atomic mass is 16.7. The molecule has 1 saturated heterocycles. The molecule has 0 aromatic heterocycles. The summed E-state index contributed by atoms with van der Waals surface area (Å²) in [7, 11) is 0. The fourth-order valence-corrected chi connectivity index (χ4v) is 1.82.